The van der Waals surface area contributed by atoms with Crippen molar-refractivity contribution in [2.75, 3.05) is 4.31 Å². The first-order valence-electron chi connectivity index (χ1n) is 7.45. The van der Waals surface area contributed by atoms with Gasteiger partial charge in [0, 0.05) is 0 Å². The van der Waals surface area contributed by atoms with Crippen molar-refractivity contribution in [3.8, 4) is 0 Å². The summed E-state index contributed by atoms with van der Waals surface area (Å²) in [5.74, 6) is 0. The molecule has 0 saturated carbocycles. The second-order valence-electron chi connectivity index (χ2n) is 5.49. The lowest BCUT2D eigenvalue weighted by Crippen LogP contribution is -2.18. The van der Waals surface area contributed by atoms with Crippen LogP contribution in [0, 0.1) is 0 Å². The molecule has 118 valence electrons. The Bertz CT molecular complexity index is 605. The molecule has 5 heteroatoms. The fourth-order valence-electron chi connectivity index (χ4n) is 3.00. The van der Waals surface area contributed by atoms with Crippen molar-refractivity contribution in [3.63, 3.8) is 0 Å². The van der Waals surface area contributed by atoms with E-state index >= 15 is 0 Å². The molecule has 2 aromatic rings. The summed E-state index contributed by atoms with van der Waals surface area (Å²) < 4.78 is 42.2. The Balaban J connectivity index is 2.21. The van der Waals surface area contributed by atoms with Crippen molar-refractivity contribution in [1.82, 2.24) is 0 Å². The lowest BCUT2D eigenvalue weighted by molar-refractivity contribution is 0.630. The number of hydrogen-bond acceptors (Lipinski definition) is 1. The Morgan fingerprint density at radius 1 is 0.682 bits per heavy atom. The number of rotatable bonds is 1. The van der Waals surface area contributed by atoms with E-state index in [1.165, 1.54) is 0 Å². The fraction of sp³-hybridized carbons (Fsp3) is 0.294. The van der Waals surface area contributed by atoms with Gasteiger partial charge in [-0.25, -0.2) is 4.31 Å². The zero-order valence-corrected chi connectivity index (χ0v) is 13.0. The van der Waals surface area contributed by atoms with Crippen LogP contribution in [0.4, 0.5) is 23.0 Å². The van der Waals surface area contributed by atoms with E-state index in [2.05, 4.69) is 0 Å². The molecule has 1 aliphatic heterocycles. The van der Waals surface area contributed by atoms with E-state index in [4.69, 9.17) is 0 Å². The van der Waals surface area contributed by atoms with Gasteiger partial charge in [-0.05, 0) is 48.9 Å². The van der Waals surface area contributed by atoms with Gasteiger partial charge in [0.05, 0.1) is 11.4 Å². The number of aryl methyl sites for hydroxylation is 2. The number of anilines is 2. The quantitative estimate of drug-likeness (QED) is 0.581. The monoisotopic (exact) mass is 325 g/mol. The molecule has 0 aromatic heterocycles. The third kappa shape index (κ3) is 3.09. The standard InChI is InChI=1S/C17H18F3NS/c18-22(19,20)21-16-12-6-4-10-14(16)8-2-1-3-9-15-11-5-7-13-17(15)21/h4-7,10-13H,1-3,8-9H2. The highest BCUT2D eigenvalue weighted by Gasteiger charge is 2.35. The second-order valence-corrected chi connectivity index (χ2v) is 6.62. The Hall–Kier alpha value is -1.62. The Morgan fingerprint density at radius 2 is 1.14 bits per heavy atom. The van der Waals surface area contributed by atoms with Crippen molar-refractivity contribution in [1.29, 1.82) is 0 Å². The summed E-state index contributed by atoms with van der Waals surface area (Å²) in [6.45, 7) is 0. The van der Waals surface area contributed by atoms with Gasteiger partial charge in [-0.15, -0.1) is 11.7 Å². The molecule has 0 bridgehead atoms. The third-order valence-corrected chi connectivity index (χ3v) is 4.83. The molecule has 0 saturated heterocycles. The minimum atomic E-state index is -5.39. The minimum Gasteiger partial charge on any atom is -0.229 e. The average molecular weight is 325 g/mol. The maximum absolute atomic E-state index is 13.9. The first-order chi connectivity index (χ1) is 10.6. The average Bonchev–Trinajstić information content (AvgIpc) is 2.49. The number of hydrogen-bond donors (Lipinski definition) is 0. The maximum Gasteiger partial charge on any atom is 0.306 e. The maximum atomic E-state index is 13.9. The number of nitrogens with zero attached hydrogens (tertiary/aromatic N) is 1. The highest BCUT2D eigenvalue weighted by Crippen LogP contribution is 2.62. The lowest BCUT2D eigenvalue weighted by atomic mass is 9.99. The molecule has 2 aromatic carbocycles. The smallest absolute Gasteiger partial charge is 0.229 e. The normalized spacial score (nSPS) is 16.6. The molecule has 0 unspecified atom stereocenters. The van der Waals surface area contributed by atoms with Crippen molar-refractivity contribution >= 4 is 22.7 Å². The van der Waals surface area contributed by atoms with Crippen LogP contribution >= 0.6 is 11.4 Å². The molecule has 0 spiro atoms. The van der Waals surface area contributed by atoms with Crippen molar-refractivity contribution in [3.05, 3.63) is 59.7 Å². The molecular formula is C17H18F3NS. The van der Waals surface area contributed by atoms with Gasteiger partial charge in [0.1, 0.15) is 0 Å². The molecule has 0 fully saturated rings. The van der Waals surface area contributed by atoms with Gasteiger partial charge in [-0.1, -0.05) is 42.8 Å². The molecule has 22 heavy (non-hydrogen) atoms. The molecular weight excluding hydrogens is 307 g/mol. The molecule has 0 atom stereocenters. The van der Waals surface area contributed by atoms with Gasteiger partial charge < -0.3 is 0 Å². The van der Waals surface area contributed by atoms with Gasteiger partial charge in [0.2, 0.25) is 0 Å². The van der Waals surface area contributed by atoms with Gasteiger partial charge in [-0.3, -0.25) is 0 Å². The lowest BCUT2D eigenvalue weighted by Gasteiger charge is -2.33. The predicted octanol–water partition coefficient (Wildman–Crippen LogP) is 6.47. The number of fused-ring (bicyclic) bond motifs is 2. The van der Waals surface area contributed by atoms with Crippen LogP contribution in [-0.4, -0.2) is 0 Å². The molecule has 1 heterocycles. The molecule has 0 amide bonds. The summed E-state index contributed by atoms with van der Waals surface area (Å²) in [5, 5.41) is 0. The van der Waals surface area contributed by atoms with E-state index in [9.17, 15) is 11.7 Å². The van der Waals surface area contributed by atoms with E-state index in [1.54, 1.807) is 24.3 Å². The first kappa shape index (κ1) is 15.3. The van der Waals surface area contributed by atoms with Gasteiger partial charge in [0.25, 0.3) is 0 Å². The van der Waals surface area contributed by atoms with Crippen LogP contribution in [0.5, 0.6) is 0 Å². The van der Waals surface area contributed by atoms with E-state index < -0.39 is 11.4 Å². The summed E-state index contributed by atoms with van der Waals surface area (Å²) in [7, 11) is 0. The van der Waals surface area contributed by atoms with E-state index in [-0.39, 0.29) is 0 Å². The first-order valence-corrected chi connectivity index (χ1v) is 8.75. The van der Waals surface area contributed by atoms with Crippen LogP contribution < -0.4 is 4.31 Å². The van der Waals surface area contributed by atoms with E-state index in [0.717, 1.165) is 30.4 Å². The van der Waals surface area contributed by atoms with Gasteiger partial charge in [-0.2, -0.15) is 0 Å². The van der Waals surface area contributed by atoms with Crippen LogP contribution in [0.3, 0.4) is 0 Å². The van der Waals surface area contributed by atoms with Crippen LogP contribution in [0.25, 0.3) is 0 Å². The largest absolute Gasteiger partial charge is 0.306 e. The fourth-order valence-corrected chi connectivity index (χ4v) is 3.80. The number of halogens is 3. The molecule has 1 nitrogen and oxygen atoms in total. The van der Waals surface area contributed by atoms with Crippen LogP contribution in [0.1, 0.15) is 30.4 Å². The summed E-state index contributed by atoms with van der Waals surface area (Å²) in [5.41, 5.74) is 2.15. The summed E-state index contributed by atoms with van der Waals surface area (Å²) in [4.78, 5) is 0. The Kier molecular flexibility index (Phi) is 4.34. The van der Waals surface area contributed by atoms with Crippen molar-refractivity contribution in [2.45, 2.75) is 32.1 Å². The number of benzene rings is 2. The summed E-state index contributed by atoms with van der Waals surface area (Å²) >= 11 is -5.39. The highest BCUT2D eigenvalue weighted by atomic mass is 32.3. The highest BCUT2D eigenvalue weighted by molar-refractivity contribution is 8.22. The molecule has 0 aliphatic carbocycles. The van der Waals surface area contributed by atoms with E-state index in [0.29, 0.717) is 28.5 Å². The predicted molar refractivity (Wildman–Crippen MR) is 87.2 cm³/mol. The van der Waals surface area contributed by atoms with Crippen molar-refractivity contribution < 1.29 is 11.7 Å². The van der Waals surface area contributed by atoms with Crippen LogP contribution in [0.15, 0.2) is 48.5 Å². The van der Waals surface area contributed by atoms with Gasteiger partial charge >= 0.3 is 11.4 Å². The topological polar surface area (TPSA) is 3.24 Å². The second kappa shape index (κ2) is 6.24. The summed E-state index contributed by atoms with van der Waals surface area (Å²) in [6.07, 6.45) is 4.30. The SMILES string of the molecule is FS(F)(F)N1c2ccccc2CCCCCc2ccccc21. The third-order valence-electron chi connectivity index (χ3n) is 4.02. The minimum absolute atomic E-state index is 0.291. The van der Waals surface area contributed by atoms with Crippen LogP contribution in [0.2, 0.25) is 0 Å². The Morgan fingerprint density at radius 3 is 1.59 bits per heavy atom. The number of para-hydroxylation sites is 2. The zero-order valence-electron chi connectivity index (χ0n) is 12.1. The molecule has 0 N–H and O–H groups in total. The molecule has 3 rings (SSSR count). The zero-order chi connectivity index (χ0) is 15.6. The van der Waals surface area contributed by atoms with E-state index in [1.807, 2.05) is 24.3 Å². The molecule has 1 aliphatic rings. The Labute approximate surface area is 131 Å². The summed E-state index contributed by atoms with van der Waals surface area (Å²) in [6, 6.07) is 13.8. The van der Waals surface area contributed by atoms with Crippen molar-refractivity contribution in [2.24, 2.45) is 0 Å². The molecule has 0 radical (unpaired) electrons. The van der Waals surface area contributed by atoms with Gasteiger partial charge in [0.15, 0.2) is 0 Å². The van der Waals surface area contributed by atoms with Crippen LogP contribution in [-0.2, 0) is 12.8 Å².